The van der Waals surface area contributed by atoms with Crippen LogP contribution in [0.25, 0.3) is 0 Å². The summed E-state index contributed by atoms with van der Waals surface area (Å²) in [5.74, 6) is -0.120. The van der Waals surface area contributed by atoms with Crippen LogP contribution in [0.4, 0.5) is 10.5 Å². The van der Waals surface area contributed by atoms with Gasteiger partial charge in [-0.05, 0) is 57.7 Å². The number of para-hydroxylation sites is 1. The average molecular weight is 475 g/mol. The fourth-order valence-corrected chi connectivity index (χ4v) is 5.09. The van der Waals surface area contributed by atoms with Crippen molar-refractivity contribution in [3.8, 4) is 0 Å². The number of aryl methyl sites for hydroxylation is 1. The summed E-state index contributed by atoms with van der Waals surface area (Å²) in [5.41, 5.74) is 1.81. The fraction of sp³-hybridized carbons (Fsp3) is 0.440. The van der Waals surface area contributed by atoms with Crippen molar-refractivity contribution in [1.82, 2.24) is 5.32 Å². The first-order chi connectivity index (χ1) is 15.5. The second kappa shape index (κ2) is 12.0. The van der Waals surface area contributed by atoms with Crippen LogP contribution >= 0.6 is 7.37 Å². The first-order valence-corrected chi connectivity index (χ1v) is 13.2. The highest BCUT2D eigenvalue weighted by molar-refractivity contribution is 7.58. The highest BCUT2D eigenvalue weighted by atomic mass is 31.2. The molecule has 2 aromatic carbocycles. The van der Waals surface area contributed by atoms with E-state index in [0.29, 0.717) is 12.8 Å². The Balaban J connectivity index is 1.89. The van der Waals surface area contributed by atoms with Crippen molar-refractivity contribution in [2.45, 2.75) is 58.6 Å². The first kappa shape index (κ1) is 26.6. The number of anilines is 1. The maximum atomic E-state index is 12.9. The van der Waals surface area contributed by atoms with Gasteiger partial charge in [0, 0.05) is 24.4 Å². The molecule has 7 nitrogen and oxygen atoms in total. The summed E-state index contributed by atoms with van der Waals surface area (Å²) in [5, 5.41) is 5.60. The molecule has 2 rings (SSSR count). The zero-order chi connectivity index (χ0) is 24.5. The zero-order valence-electron chi connectivity index (χ0n) is 19.8. The molecule has 0 aliphatic heterocycles. The predicted octanol–water partition coefficient (Wildman–Crippen LogP) is 5.64. The van der Waals surface area contributed by atoms with Crippen molar-refractivity contribution < 1.29 is 23.8 Å². The molecule has 8 heteroatoms. The smallest absolute Gasteiger partial charge is 0.408 e. The Morgan fingerprint density at radius 2 is 1.67 bits per heavy atom. The molecule has 0 bridgehead atoms. The fourth-order valence-electron chi connectivity index (χ4n) is 3.32. The van der Waals surface area contributed by atoms with E-state index in [1.54, 1.807) is 32.9 Å². The van der Waals surface area contributed by atoms with Crippen LogP contribution < -0.4 is 10.6 Å². The van der Waals surface area contributed by atoms with E-state index in [4.69, 9.17) is 4.74 Å². The largest absolute Gasteiger partial charge is 0.444 e. The summed E-state index contributed by atoms with van der Waals surface area (Å²) < 4.78 is 18.2. The van der Waals surface area contributed by atoms with E-state index in [-0.39, 0.29) is 24.7 Å². The highest BCUT2D eigenvalue weighted by Crippen LogP contribution is 2.45. The number of nitrogens with one attached hydrogen (secondary N) is 2. The molecule has 0 radical (unpaired) electrons. The molecular formula is C25H35N2O5P. The number of carbonyl (C=O) groups is 2. The molecule has 0 heterocycles. The van der Waals surface area contributed by atoms with Gasteiger partial charge in [0.15, 0.2) is 0 Å². The van der Waals surface area contributed by atoms with Crippen molar-refractivity contribution >= 4 is 25.1 Å². The normalized spacial score (nSPS) is 14.1. The first-order valence-electron chi connectivity index (χ1n) is 11.2. The van der Waals surface area contributed by atoms with Gasteiger partial charge in [0.1, 0.15) is 5.60 Å². The van der Waals surface area contributed by atoms with Crippen LogP contribution in [0.5, 0.6) is 0 Å². The van der Waals surface area contributed by atoms with Crippen LogP contribution in [0.1, 0.15) is 57.2 Å². The molecule has 2 amide bonds. The van der Waals surface area contributed by atoms with Gasteiger partial charge in [0.2, 0.25) is 13.3 Å². The minimum atomic E-state index is -3.56. The number of carbonyl (C=O) groups excluding carboxylic acids is 2. The molecular weight excluding hydrogens is 439 g/mol. The Morgan fingerprint density at radius 3 is 2.30 bits per heavy atom. The molecule has 0 aliphatic carbocycles. The lowest BCUT2D eigenvalue weighted by molar-refractivity contribution is -0.116. The summed E-state index contributed by atoms with van der Waals surface area (Å²) in [7, 11) is -3.56. The monoisotopic (exact) mass is 474 g/mol. The minimum absolute atomic E-state index is 0.0734. The molecule has 0 saturated heterocycles. The van der Waals surface area contributed by atoms with E-state index >= 15 is 0 Å². The van der Waals surface area contributed by atoms with Gasteiger partial charge in [0.05, 0.1) is 6.04 Å². The van der Waals surface area contributed by atoms with Gasteiger partial charge in [-0.3, -0.25) is 9.36 Å². The number of amides is 2. The molecule has 2 unspecified atom stereocenters. The lowest BCUT2D eigenvalue weighted by Crippen LogP contribution is -2.36. The maximum absolute atomic E-state index is 12.9. The second-order valence-corrected chi connectivity index (χ2v) is 11.7. The number of unbranched alkanes of at least 4 members (excludes halogenated alkanes) is 1. The standard InChI is InChI=1S/C25H35N2O5P/c1-19-12-8-9-15-21(19)26-23(28)16-10-11-17-33(30,31)18-22(20-13-6-5-7-14-20)27-24(29)32-25(2,3)4/h5-9,12-15,22H,10-11,16-18H2,1-4H3,(H,26,28)(H,27,29)(H,30,31). The quantitative estimate of drug-likeness (QED) is 0.305. The van der Waals surface area contributed by atoms with Gasteiger partial charge in [-0.25, -0.2) is 4.79 Å². The summed E-state index contributed by atoms with van der Waals surface area (Å²) in [6, 6.07) is 16.0. The molecule has 0 aromatic heterocycles. The molecule has 0 fully saturated rings. The molecule has 0 spiro atoms. The Kier molecular flexibility index (Phi) is 9.69. The molecule has 0 aliphatic rings. The van der Waals surface area contributed by atoms with Crippen molar-refractivity contribution in [2.75, 3.05) is 17.6 Å². The van der Waals surface area contributed by atoms with E-state index in [1.165, 1.54) is 0 Å². The molecule has 3 N–H and O–H groups in total. The Labute approximate surface area is 196 Å². The van der Waals surface area contributed by atoms with Crippen LogP contribution in [0, 0.1) is 6.92 Å². The highest BCUT2D eigenvalue weighted by Gasteiger charge is 2.28. The maximum Gasteiger partial charge on any atom is 0.408 e. The van der Waals surface area contributed by atoms with Crippen LogP contribution in [0.2, 0.25) is 0 Å². The van der Waals surface area contributed by atoms with Crippen LogP contribution in [0.3, 0.4) is 0 Å². The van der Waals surface area contributed by atoms with E-state index in [2.05, 4.69) is 10.6 Å². The average Bonchev–Trinajstić information content (AvgIpc) is 2.71. The van der Waals surface area contributed by atoms with Gasteiger partial charge >= 0.3 is 6.09 Å². The van der Waals surface area contributed by atoms with Gasteiger partial charge in [0.25, 0.3) is 0 Å². The van der Waals surface area contributed by atoms with Gasteiger partial charge < -0.3 is 20.3 Å². The van der Waals surface area contributed by atoms with Crippen molar-refractivity contribution in [2.24, 2.45) is 0 Å². The zero-order valence-corrected chi connectivity index (χ0v) is 20.7. The SMILES string of the molecule is Cc1ccccc1NC(=O)CCCCP(=O)(O)CC(NC(=O)OC(C)(C)C)c1ccccc1. The Morgan fingerprint density at radius 1 is 1.03 bits per heavy atom. The van der Waals surface area contributed by atoms with E-state index < -0.39 is 25.1 Å². The lowest BCUT2D eigenvalue weighted by Gasteiger charge is -2.25. The molecule has 0 saturated carbocycles. The Hall–Kier alpha value is -2.63. The number of hydrogen-bond acceptors (Lipinski definition) is 4. The Bertz CT molecular complexity index is 972. The van der Waals surface area contributed by atoms with E-state index in [0.717, 1.165) is 16.8 Å². The van der Waals surface area contributed by atoms with Gasteiger partial charge in [-0.2, -0.15) is 0 Å². The third kappa shape index (κ3) is 10.2. The topological polar surface area (TPSA) is 105 Å². The summed E-state index contributed by atoms with van der Waals surface area (Å²) in [6.07, 6.45) is 0.535. The number of alkyl carbamates (subject to hydrolysis) is 1. The summed E-state index contributed by atoms with van der Waals surface area (Å²) in [6.45, 7) is 7.20. The molecule has 180 valence electrons. The predicted molar refractivity (Wildman–Crippen MR) is 132 cm³/mol. The van der Waals surface area contributed by atoms with E-state index in [1.807, 2.05) is 49.4 Å². The van der Waals surface area contributed by atoms with Crippen molar-refractivity contribution in [3.05, 3.63) is 65.7 Å². The van der Waals surface area contributed by atoms with Crippen LogP contribution in [-0.4, -0.2) is 34.8 Å². The van der Waals surface area contributed by atoms with Crippen LogP contribution in [0.15, 0.2) is 54.6 Å². The number of rotatable bonds is 10. The lowest BCUT2D eigenvalue weighted by atomic mass is 10.1. The van der Waals surface area contributed by atoms with Crippen molar-refractivity contribution in [1.29, 1.82) is 0 Å². The van der Waals surface area contributed by atoms with Gasteiger partial charge in [-0.15, -0.1) is 0 Å². The van der Waals surface area contributed by atoms with Crippen molar-refractivity contribution in [3.63, 3.8) is 0 Å². The number of hydrogen-bond donors (Lipinski definition) is 3. The third-order valence-electron chi connectivity index (χ3n) is 4.94. The van der Waals surface area contributed by atoms with Crippen LogP contribution in [-0.2, 0) is 14.1 Å². The number of ether oxygens (including phenoxy) is 1. The third-order valence-corrected chi connectivity index (χ3v) is 6.89. The van der Waals surface area contributed by atoms with E-state index in [9.17, 15) is 19.0 Å². The number of benzene rings is 2. The second-order valence-electron chi connectivity index (χ2n) is 9.18. The summed E-state index contributed by atoms with van der Waals surface area (Å²) in [4.78, 5) is 35.1. The minimum Gasteiger partial charge on any atom is -0.444 e. The molecule has 33 heavy (non-hydrogen) atoms. The molecule has 2 atom stereocenters. The van der Waals surface area contributed by atoms with Gasteiger partial charge in [-0.1, -0.05) is 48.5 Å². The molecule has 2 aromatic rings. The summed E-state index contributed by atoms with van der Waals surface area (Å²) >= 11 is 0.